The van der Waals surface area contributed by atoms with E-state index in [0.29, 0.717) is 17.5 Å². The molecule has 1 aliphatic rings. The summed E-state index contributed by atoms with van der Waals surface area (Å²) in [5.41, 5.74) is 7.02. The molecular formula is C12H17N3O2S. The summed E-state index contributed by atoms with van der Waals surface area (Å²) in [6, 6.07) is 5.02. The lowest BCUT2D eigenvalue weighted by Gasteiger charge is -2.30. The Labute approximate surface area is 110 Å². The van der Waals surface area contributed by atoms with E-state index in [-0.39, 0.29) is 5.69 Å². The van der Waals surface area contributed by atoms with E-state index in [0.717, 1.165) is 24.4 Å². The number of anilines is 1. The van der Waals surface area contributed by atoms with Gasteiger partial charge in [-0.15, -0.1) is 0 Å². The zero-order valence-corrected chi connectivity index (χ0v) is 11.2. The molecule has 0 radical (unpaired) electrons. The number of para-hydroxylation sites is 1. The summed E-state index contributed by atoms with van der Waals surface area (Å²) in [5, 5.41) is 11.4. The number of hydrogen-bond acceptors (Lipinski definition) is 5. The molecule has 1 fully saturated rings. The Morgan fingerprint density at radius 1 is 1.61 bits per heavy atom. The number of nitrogens with two attached hydrogens (primary N) is 1. The van der Waals surface area contributed by atoms with Gasteiger partial charge in [0.1, 0.15) is 5.69 Å². The van der Waals surface area contributed by atoms with Gasteiger partial charge >= 0.3 is 0 Å². The number of benzene rings is 1. The van der Waals surface area contributed by atoms with E-state index in [1.807, 2.05) is 17.8 Å². The minimum Gasteiger partial charge on any atom is -0.393 e. The molecule has 1 atom stereocenters. The standard InChI is InChI=1S/C12H17N3O2S/c1-9-7-14(5-6-18-9)8-10-3-2-4-11(12(10)13)15(16)17/h2-4,9H,5-8,13H2,1H3. The molecule has 2 rings (SSSR count). The summed E-state index contributed by atoms with van der Waals surface area (Å²) >= 11 is 1.96. The molecule has 1 heterocycles. The van der Waals surface area contributed by atoms with Crippen LogP contribution in [0.4, 0.5) is 11.4 Å². The molecule has 6 heteroatoms. The molecule has 0 aromatic heterocycles. The Kier molecular flexibility index (Phi) is 4.08. The van der Waals surface area contributed by atoms with Crippen molar-refractivity contribution < 1.29 is 4.92 Å². The first kappa shape index (κ1) is 13.2. The van der Waals surface area contributed by atoms with E-state index in [9.17, 15) is 10.1 Å². The second kappa shape index (κ2) is 5.58. The maximum Gasteiger partial charge on any atom is 0.292 e. The van der Waals surface area contributed by atoms with Gasteiger partial charge in [-0.3, -0.25) is 15.0 Å². The van der Waals surface area contributed by atoms with Crippen LogP contribution in [0.2, 0.25) is 0 Å². The fourth-order valence-corrected chi connectivity index (χ4v) is 3.25. The lowest BCUT2D eigenvalue weighted by atomic mass is 10.1. The zero-order valence-electron chi connectivity index (χ0n) is 10.3. The summed E-state index contributed by atoms with van der Waals surface area (Å²) < 4.78 is 0. The molecule has 1 saturated heterocycles. The van der Waals surface area contributed by atoms with E-state index in [1.54, 1.807) is 6.07 Å². The van der Waals surface area contributed by atoms with Gasteiger partial charge in [0.2, 0.25) is 0 Å². The van der Waals surface area contributed by atoms with Crippen LogP contribution in [0.25, 0.3) is 0 Å². The number of hydrogen-bond donors (Lipinski definition) is 1. The fourth-order valence-electron chi connectivity index (χ4n) is 2.17. The molecule has 0 spiro atoms. The van der Waals surface area contributed by atoms with Crippen LogP contribution in [0.1, 0.15) is 12.5 Å². The molecule has 2 N–H and O–H groups in total. The van der Waals surface area contributed by atoms with Crippen molar-refractivity contribution >= 4 is 23.1 Å². The fraction of sp³-hybridized carbons (Fsp3) is 0.500. The van der Waals surface area contributed by atoms with Crippen molar-refractivity contribution in [2.45, 2.75) is 18.7 Å². The second-order valence-electron chi connectivity index (χ2n) is 4.52. The van der Waals surface area contributed by atoms with Crippen molar-refractivity contribution in [3.8, 4) is 0 Å². The Balaban J connectivity index is 2.14. The lowest BCUT2D eigenvalue weighted by molar-refractivity contribution is -0.384. The molecule has 98 valence electrons. The van der Waals surface area contributed by atoms with Crippen LogP contribution < -0.4 is 5.73 Å². The van der Waals surface area contributed by atoms with Crippen LogP contribution >= 0.6 is 11.8 Å². The normalized spacial score (nSPS) is 20.8. The van der Waals surface area contributed by atoms with Crippen LogP contribution in [0.15, 0.2) is 18.2 Å². The quantitative estimate of drug-likeness (QED) is 0.516. The van der Waals surface area contributed by atoms with Crippen molar-refractivity contribution in [2.75, 3.05) is 24.6 Å². The van der Waals surface area contributed by atoms with E-state index < -0.39 is 4.92 Å². The first-order chi connectivity index (χ1) is 8.58. The molecule has 0 amide bonds. The maximum absolute atomic E-state index is 10.8. The summed E-state index contributed by atoms with van der Waals surface area (Å²) in [7, 11) is 0. The number of thioether (sulfide) groups is 1. The van der Waals surface area contributed by atoms with Crippen molar-refractivity contribution in [1.29, 1.82) is 0 Å². The maximum atomic E-state index is 10.8. The summed E-state index contributed by atoms with van der Waals surface area (Å²) in [6.07, 6.45) is 0. The smallest absolute Gasteiger partial charge is 0.292 e. The second-order valence-corrected chi connectivity index (χ2v) is 6.07. The molecule has 0 aliphatic carbocycles. The zero-order chi connectivity index (χ0) is 13.1. The summed E-state index contributed by atoms with van der Waals surface area (Å²) in [6.45, 7) is 4.91. The average Bonchev–Trinajstić information content (AvgIpc) is 2.31. The first-order valence-corrected chi connectivity index (χ1v) is 6.98. The van der Waals surface area contributed by atoms with Gasteiger partial charge in [-0.25, -0.2) is 0 Å². The first-order valence-electron chi connectivity index (χ1n) is 5.93. The summed E-state index contributed by atoms with van der Waals surface area (Å²) in [5.74, 6) is 1.11. The van der Waals surface area contributed by atoms with Crippen LogP contribution in [-0.2, 0) is 6.54 Å². The van der Waals surface area contributed by atoms with Gasteiger partial charge in [0, 0.05) is 36.7 Å². The lowest BCUT2D eigenvalue weighted by Crippen LogP contribution is -2.36. The minimum absolute atomic E-state index is 0.00642. The van der Waals surface area contributed by atoms with Crippen molar-refractivity contribution in [2.24, 2.45) is 0 Å². The monoisotopic (exact) mass is 267 g/mol. The topological polar surface area (TPSA) is 72.4 Å². The molecule has 18 heavy (non-hydrogen) atoms. The number of nitrogens with zero attached hydrogens (tertiary/aromatic N) is 2. The minimum atomic E-state index is -0.423. The largest absolute Gasteiger partial charge is 0.393 e. The molecule has 1 aromatic rings. The van der Waals surface area contributed by atoms with Gasteiger partial charge in [0.05, 0.1) is 4.92 Å². The third kappa shape index (κ3) is 2.94. The number of rotatable bonds is 3. The van der Waals surface area contributed by atoms with Gasteiger partial charge < -0.3 is 5.73 Å². The Morgan fingerprint density at radius 3 is 3.06 bits per heavy atom. The predicted molar refractivity (Wildman–Crippen MR) is 74.7 cm³/mol. The Morgan fingerprint density at radius 2 is 2.39 bits per heavy atom. The third-order valence-corrected chi connectivity index (χ3v) is 4.23. The van der Waals surface area contributed by atoms with Crippen LogP contribution in [-0.4, -0.2) is 33.9 Å². The molecule has 0 saturated carbocycles. The highest BCUT2D eigenvalue weighted by atomic mass is 32.2. The van der Waals surface area contributed by atoms with E-state index in [2.05, 4.69) is 11.8 Å². The third-order valence-electron chi connectivity index (χ3n) is 3.09. The van der Waals surface area contributed by atoms with Gasteiger partial charge in [-0.05, 0) is 5.56 Å². The molecule has 1 unspecified atom stereocenters. The molecular weight excluding hydrogens is 250 g/mol. The summed E-state index contributed by atoms with van der Waals surface area (Å²) in [4.78, 5) is 12.7. The van der Waals surface area contributed by atoms with E-state index in [1.165, 1.54) is 6.07 Å². The SMILES string of the molecule is CC1CN(Cc2cccc([N+](=O)[O-])c2N)CCS1. The highest BCUT2D eigenvalue weighted by Crippen LogP contribution is 2.27. The highest BCUT2D eigenvalue weighted by Gasteiger charge is 2.20. The molecule has 1 aromatic carbocycles. The molecule has 0 bridgehead atoms. The number of nitro benzene ring substituents is 1. The van der Waals surface area contributed by atoms with Crippen LogP contribution in [0, 0.1) is 10.1 Å². The highest BCUT2D eigenvalue weighted by molar-refractivity contribution is 7.99. The van der Waals surface area contributed by atoms with Gasteiger partial charge in [0.25, 0.3) is 5.69 Å². The number of nitro groups is 1. The van der Waals surface area contributed by atoms with Crippen molar-refractivity contribution in [3.05, 3.63) is 33.9 Å². The number of nitrogen functional groups attached to an aromatic ring is 1. The van der Waals surface area contributed by atoms with Crippen LogP contribution in [0.3, 0.4) is 0 Å². The van der Waals surface area contributed by atoms with Crippen LogP contribution in [0.5, 0.6) is 0 Å². The van der Waals surface area contributed by atoms with Crippen molar-refractivity contribution in [3.63, 3.8) is 0 Å². The van der Waals surface area contributed by atoms with E-state index >= 15 is 0 Å². The Bertz CT molecular complexity index is 453. The predicted octanol–water partition coefficient (Wildman–Crippen LogP) is 2.11. The molecule has 5 nitrogen and oxygen atoms in total. The average molecular weight is 267 g/mol. The van der Waals surface area contributed by atoms with Gasteiger partial charge in [-0.2, -0.15) is 11.8 Å². The van der Waals surface area contributed by atoms with Gasteiger partial charge in [0.15, 0.2) is 0 Å². The van der Waals surface area contributed by atoms with E-state index in [4.69, 9.17) is 5.73 Å². The van der Waals surface area contributed by atoms with Gasteiger partial charge in [-0.1, -0.05) is 19.1 Å². The van der Waals surface area contributed by atoms with Crippen molar-refractivity contribution in [1.82, 2.24) is 4.90 Å². The molecule has 1 aliphatic heterocycles. The Hall–Kier alpha value is -1.27.